The minimum absolute atomic E-state index is 0.247. The number of hydroxylamine groups is 1. The third-order valence-electron chi connectivity index (χ3n) is 2.51. The van der Waals surface area contributed by atoms with Crippen LogP contribution in [0.4, 0.5) is 4.79 Å². The van der Waals surface area contributed by atoms with Gasteiger partial charge in [-0.25, -0.2) is 9.59 Å². The number of rotatable bonds is 6. The minimum atomic E-state index is -0.456. The highest BCUT2D eigenvalue weighted by Crippen LogP contribution is 2.39. The van der Waals surface area contributed by atoms with Gasteiger partial charge in [-0.1, -0.05) is 34.9 Å². The zero-order valence-electron chi connectivity index (χ0n) is 10.6. The third kappa shape index (κ3) is 7.00. The van der Waals surface area contributed by atoms with Crippen LogP contribution in [0.5, 0.6) is 0 Å². The smallest absolute Gasteiger partial charge is 0.339 e. The summed E-state index contributed by atoms with van der Waals surface area (Å²) in [5, 5.41) is 3.43. The first kappa shape index (κ1) is 15.5. The van der Waals surface area contributed by atoms with Gasteiger partial charge in [-0.15, -0.1) is 0 Å². The highest BCUT2D eigenvalue weighted by molar-refractivity contribution is 8.77. The summed E-state index contributed by atoms with van der Waals surface area (Å²) < 4.78 is 0. The first-order valence-corrected chi connectivity index (χ1v) is 8.62. The second-order valence-corrected chi connectivity index (χ2v) is 6.80. The number of nitrogens with one attached hydrogen (secondary N) is 2. The summed E-state index contributed by atoms with van der Waals surface area (Å²) >= 11 is 0. The molecule has 1 fully saturated rings. The Kier molecular flexibility index (Phi) is 8.08. The normalized spacial score (nSPS) is 18.4. The molecular weight excluding hydrogens is 272 g/mol. The van der Waals surface area contributed by atoms with E-state index in [1.807, 2.05) is 21.6 Å². The predicted octanol–water partition coefficient (Wildman–Crippen LogP) is 2.48. The molecule has 1 aliphatic rings. The Morgan fingerprint density at radius 1 is 1.39 bits per heavy atom. The Balaban J connectivity index is 1.90. The maximum Gasteiger partial charge on any atom is 0.348 e. The molecule has 104 valence electrons. The molecule has 1 rings (SSSR count). The molecule has 5 nitrogen and oxygen atoms in total. The van der Waals surface area contributed by atoms with Crippen molar-refractivity contribution in [3.63, 3.8) is 0 Å². The van der Waals surface area contributed by atoms with E-state index in [2.05, 4.69) is 15.6 Å². The van der Waals surface area contributed by atoms with Crippen molar-refractivity contribution in [3.05, 3.63) is 0 Å². The topological polar surface area (TPSA) is 67.4 Å². The molecule has 0 aromatic rings. The average molecular weight is 292 g/mol. The summed E-state index contributed by atoms with van der Waals surface area (Å²) in [6.07, 6.45) is 4.84. The van der Waals surface area contributed by atoms with Gasteiger partial charge in [0.05, 0.1) is 0 Å². The number of hydrogen-bond acceptors (Lipinski definition) is 5. The van der Waals surface area contributed by atoms with Crippen LogP contribution in [0, 0.1) is 0 Å². The Bertz CT molecular complexity index is 271. The van der Waals surface area contributed by atoms with Crippen LogP contribution in [-0.2, 0) is 9.63 Å². The Labute approximate surface area is 116 Å². The van der Waals surface area contributed by atoms with Crippen LogP contribution >= 0.6 is 21.6 Å². The van der Waals surface area contributed by atoms with E-state index in [1.54, 1.807) is 6.92 Å². The zero-order chi connectivity index (χ0) is 13.2. The number of urea groups is 1. The number of hydrogen-bond donors (Lipinski definition) is 2. The van der Waals surface area contributed by atoms with Crippen LogP contribution in [-0.4, -0.2) is 29.5 Å². The van der Waals surface area contributed by atoms with Gasteiger partial charge in [-0.3, -0.25) is 0 Å². The third-order valence-corrected chi connectivity index (χ3v) is 5.52. The van der Waals surface area contributed by atoms with E-state index in [0.29, 0.717) is 6.54 Å². The molecule has 1 saturated heterocycles. The van der Waals surface area contributed by atoms with Crippen LogP contribution in [0.1, 0.15) is 39.0 Å². The fourth-order valence-electron chi connectivity index (χ4n) is 1.47. The monoisotopic (exact) mass is 292 g/mol. The van der Waals surface area contributed by atoms with Crippen molar-refractivity contribution in [1.82, 2.24) is 10.8 Å². The van der Waals surface area contributed by atoms with Crippen molar-refractivity contribution in [3.8, 4) is 0 Å². The van der Waals surface area contributed by atoms with Crippen LogP contribution in [0.3, 0.4) is 0 Å². The highest BCUT2D eigenvalue weighted by Gasteiger charge is 2.15. The quantitative estimate of drug-likeness (QED) is 0.447. The van der Waals surface area contributed by atoms with Gasteiger partial charge in [-0.2, -0.15) is 5.48 Å². The lowest BCUT2D eigenvalue weighted by Crippen LogP contribution is -2.37. The molecule has 0 unspecified atom stereocenters. The Morgan fingerprint density at radius 3 is 2.89 bits per heavy atom. The number of amides is 2. The van der Waals surface area contributed by atoms with E-state index in [9.17, 15) is 9.59 Å². The lowest BCUT2D eigenvalue weighted by Gasteiger charge is -2.08. The standard InChI is InChI=1S/C11H20N2O3S2/c1-2-10(14)16-13-11(15)12-7-4-3-5-9-6-8-17-18-9/h9H,2-8H2,1H3,(H2,12,13,15)/t9-/m0/s1. The second-order valence-electron chi connectivity index (χ2n) is 4.01. The van der Waals surface area contributed by atoms with Gasteiger partial charge < -0.3 is 10.2 Å². The first-order chi connectivity index (χ1) is 8.72. The molecule has 1 heterocycles. The summed E-state index contributed by atoms with van der Waals surface area (Å²) in [5.74, 6) is 0.819. The lowest BCUT2D eigenvalue weighted by molar-refractivity contribution is -0.148. The molecule has 2 N–H and O–H groups in total. The molecule has 0 bridgehead atoms. The molecule has 0 aliphatic carbocycles. The summed E-state index contributed by atoms with van der Waals surface area (Å²) in [5.41, 5.74) is 2.06. The summed E-state index contributed by atoms with van der Waals surface area (Å²) in [4.78, 5) is 26.4. The van der Waals surface area contributed by atoms with Gasteiger partial charge in [0.2, 0.25) is 0 Å². The van der Waals surface area contributed by atoms with Crippen molar-refractivity contribution in [1.29, 1.82) is 0 Å². The van der Waals surface area contributed by atoms with Gasteiger partial charge in [0.15, 0.2) is 0 Å². The number of unbranched alkanes of at least 4 members (excludes halogenated alkanes) is 1. The van der Waals surface area contributed by atoms with Crippen molar-refractivity contribution in [2.45, 2.75) is 44.3 Å². The molecule has 0 aromatic carbocycles. The zero-order valence-corrected chi connectivity index (χ0v) is 12.2. The fraction of sp³-hybridized carbons (Fsp3) is 0.818. The lowest BCUT2D eigenvalue weighted by atomic mass is 10.1. The molecule has 18 heavy (non-hydrogen) atoms. The van der Waals surface area contributed by atoms with E-state index in [1.165, 1.54) is 18.6 Å². The maximum atomic E-state index is 11.2. The van der Waals surface area contributed by atoms with E-state index >= 15 is 0 Å². The summed E-state index contributed by atoms with van der Waals surface area (Å²) in [6.45, 7) is 2.28. The van der Waals surface area contributed by atoms with E-state index in [4.69, 9.17) is 0 Å². The number of carbonyl (C=O) groups excluding carboxylic acids is 2. The Hall–Kier alpha value is -0.560. The molecular formula is C11H20N2O3S2. The van der Waals surface area contributed by atoms with Gasteiger partial charge >= 0.3 is 12.0 Å². The van der Waals surface area contributed by atoms with Crippen LogP contribution < -0.4 is 10.8 Å². The van der Waals surface area contributed by atoms with Crippen molar-refractivity contribution in [2.24, 2.45) is 0 Å². The predicted molar refractivity (Wildman–Crippen MR) is 75.2 cm³/mol. The van der Waals surface area contributed by atoms with Gasteiger partial charge in [0.1, 0.15) is 0 Å². The summed E-state index contributed by atoms with van der Waals surface area (Å²) in [6, 6.07) is -0.456. The Morgan fingerprint density at radius 2 is 2.22 bits per heavy atom. The van der Waals surface area contributed by atoms with Crippen LogP contribution in [0.25, 0.3) is 0 Å². The van der Waals surface area contributed by atoms with Crippen LogP contribution in [0.2, 0.25) is 0 Å². The molecule has 0 saturated carbocycles. The molecule has 0 radical (unpaired) electrons. The largest absolute Gasteiger partial charge is 0.348 e. The molecule has 1 aliphatic heterocycles. The van der Waals surface area contributed by atoms with Crippen molar-refractivity contribution < 1.29 is 14.4 Å². The maximum absolute atomic E-state index is 11.2. The summed E-state index contributed by atoms with van der Waals surface area (Å²) in [7, 11) is 3.93. The molecule has 1 atom stereocenters. The molecule has 0 aromatic heterocycles. The molecule has 2 amide bonds. The SMILES string of the molecule is CCC(=O)ONC(=O)NCCCC[C@H]1CCSS1. The van der Waals surface area contributed by atoms with E-state index < -0.39 is 12.0 Å². The highest BCUT2D eigenvalue weighted by atomic mass is 33.1. The van der Waals surface area contributed by atoms with Gasteiger partial charge in [0.25, 0.3) is 0 Å². The average Bonchev–Trinajstić information content (AvgIpc) is 2.88. The second kappa shape index (κ2) is 9.38. The minimum Gasteiger partial charge on any atom is -0.339 e. The number of carbonyl (C=O) groups is 2. The molecule has 7 heteroatoms. The first-order valence-electron chi connectivity index (χ1n) is 6.24. The van der Waals surface area contributed by atoms with Gasteiger partial charge in [0, 0.05) is 24.0 Å². The van der Waals surface area contributed by atoms with E-state index in [0.717, 1.165) is 18.1 Å². The van der Waals surface area contributed by atoms with Crippen LogP contribution in [0.15, 0.2) is 0 Å². The van der Waals surface area contributed by atoms with Crippen molar-refractivity contribution in [2.75, 3.05) is 12.3 Å². The fourth-order valence-corrected chi connectivity index (χ4v) is 4.50. The van der Waals surface area contributed by atoms with Gasteiger partial charge in [-0.05, 0) is 19.3 Å². The van der Waals surface area contributed by atoms with Crippen molar-refractivity contribution >= 4 is 33.6 Å². The molecule has 0 spiro atoms. The van der Waals surface area contributed by atoms with E-state index in [-0.39, 0.29) is 6.42 Å².